The van der Waals surface area contributed by atoms with Crippen LogP contribution in [0.2, 0.25) is 5.02 Å². The van der Waals surface area contributed by atoms with E-state index in [1.165, 1.54) is 0 Å². The molecule has 2 aromatic rings. The van der Waals surface area contributed by atoms with Crippen molar-refractivity contribution in [3.63, 3.8) is 0 Å². The molecule has 0 saturated carbocycles. The van der Waals surface area contributed by atoms with E-state index in [-0.39, 0.29) is 12.2 Å². The topological polar surface area (TPSA) is 47.5 Å². The zero-order valence-electron chi connectivity index (χ0n) is 12.1. The molecule has 1 aromatic carbocycles. The van der Waals surface area contributed by atoms with Crippen molar-refractivity contribution < 1.29 is 9.47 Å². The van der Waals surface area contributed by atoms with Crippen LogP contribution in [0.4, 0.5) is 5.82 Å². The molecule has 2 unspecified atom stereocenters. The lowest BCUT2D eigenvalue weighted by Crippen LogP contribution is -2.48. The van der Waals surface area contributed by atoms with Crippen molar-refractivity contribution >= 4 is 28.3 Å². The molecule has 2 heterocycles. The first-order valence-corrected chi connectivity index (χ1v) is 7.35. The molecule has 0 radical (unpaired) electrons. The number of aromatic nitrogens is 2. The van der Waals surface area contributed by atoms with Gasteiger partial charge >= 0.3 is 0 Å². The molecule has 1 saturated heterocycles. The molecule has 3 rings (SSSR count). The van der Waals surface area contributed by atoms with Gasteiger partial charge in [-0.15, -0.1) is 0 Å². The Morgan fingerprint density at radius 3 is 3.05 bits per heavy atom. The Balaban J connectivity index is 1.95. The molecule has 0 amide bonds. The van der Waals surface area contributed by atoms with E-state index in [0.29, 0.717) is 11.6 Å². The summed E-state index contributed by atoms with van der Waals surface area (Å²) in [5.74, 6) is 0.924. The zero-order valence-corrected chi connectivity index (χ0v) is 12.9. The SMILES string of the molecule is COCC1CN(c2ncnc3cc(Cl)ccc23)CC(C)O1. The maximum Gasteiger partial charge on any atom is 0.140 e. The minimum Gasteiger partial charge on any atom is -0.382 e. The van der Waals surface area contributed by atoms with Gasteiger partial charge in [0, 0.05) is 30.6 Å². The van der Waals surface area contributed by atoms with Gasteiger partial charge in [-0.2, -0.15) is 0 Å². The molecule has 1 aliphatic heterocycles. The van der Waals surface area contributed by atoms with E-state index in [1.54, 1.807) is 13.4 Å². The number of rotatable bonds is 3. The van der Waals surface area contributed by atoms with E-state index in [4.69, 9.17) is 21.1 Å². The van der Waals surface area contributed by atoms with Gasteiger partial charge in [0.1, 0.15) is 12.1 Å². The summed E-state index contributed by atoms with van der Waals surface area (Å²) in [5.41, 5.74) is 0.856. The highest BCUT2D eigenvalue weighted by Gasteiger charge is 2.27. The molecule has 0 aliphatic carbocycles. The molecule has 1 fully saturated rings. The van der Waals surface area contributed by atoms with Gasteiger partial charge in [-0.1, -0.05) is 11.6 Å². The molecule has 0 bridgehead atoms. The van der Waals surface area contributed by atoms with Crippen molar-refractivity contribution in [2.75, 3.05) is 31.7 Å². The molecule has 0 N–H and O–H groups in total. The third kappa shape index (κ3) is 3.10. The Bertz CT molecular complexity index is 637. The summed E-state index contributed by atoms with van der Waals surface area (Å²) in [4.78, 5) is 11.0. The fraction of sp³-hybridized carbons (Fsp3) is 0.467. The summed E-state index contributed by atoms with van der Waals surface area (Å²) in [6.45, 7) is 4.20. The van der Waals surface area contributed by atoms with E-state index >= 15 is 0 Å². The predicted molar refractivity (Wildman–Crippen MR) is 83.0 cm³/mol. The fourth-order valence-corrected chi connectivity index (χ4v) is 2.93. The van der Waals surface area contributed by atoms with E-state index in [9.17, 15) is 0 Å². The van der Waals surface area contributed by atoms with Crippen LogP contribution in [0.5, 0.6) is 0 Å². The molecular formula is C15H18ClN3O2. The average Bonchev–Trinajstić information content (AvgIpc) is 2.46. The molecule has 112 valence electrons. The van der Waals surface area contributed by atoms with Gasteiger partial charge in [-0.05, 0) is 25.1 Å². The van der Waals surface area contributed by atoms with Crippen molar-refractivity contribution in [3.8, 4) is 0 Å². The number of hydrogen-bond donors (Lipinski definition) is 0. The van der Waals surface area contributed by atoms with Crippen LogP contribution in [0.1, 0.15) is 6.92 Å². The number of ether oxygens (including phenoxy) is 2. The normalized spacial score (nSPS) is 22.7. The van der Waals surface area contributed by atoms with Crippen molar-refractivity contribution in [2.24, 2.45) is 0 Å². The highest BCUT2D eigenvalue weighted by Crippen LogP contribution is 2.27. The average molecular weight is 308 g/mol. The third-order valence-electron chi connectivity index (χ3n) is 3.56. The first kappa shape index (κ1) is 14.5. The summed E-state index contributed by atoms with van der Waals surface area (Å²) in [6, 6.07) is 5.70. The van der Waals surface area contributed by atoms with E-state index in [2.05, 4.69) is 21.8 Å². The Hall–Kier alpha value is -1.43. The van der Waals surface area contributed by atoms with Gasteiger partial charge in [0.15, 0.2) is 0 Å². The van der Waals surface area contributed by atoms with Crippen LogP contribution < -0.4 is 4.90 Å². The second kappa shape index (κ2) is 6.13. The van der Waals surface area contributed by atoms with Crippen LogP contribution in [0, 0.1) is 0 Å². The van der Waals surface area contributed by atoms with Crippen LogP contribution in [0.15, 0.2) is 24.5 Å². The minimum absolute atomic E-state index is 0.0519. The highest BCUT2D eigenvalue weighted by molar-refractivity contribution is 6.31. The second-order valence-electron chi connectivity index (χ2n) is 5.29. The summed E-state index contributed by atoms with van der Waals surface area (Å²) >= 11 is 6.03. The lowest BCUT2D eigenvalue weighted by molar-refractivity contribution is -0.0512. The summed E-state index contributed by atoms with van der Waals surface area (Å²) in [5, 5.41) is 1.69. The largest absolute Gasteiger partial charge is 0.382 e. The zero-order chi connectivity index (χ0) is 14.8. The monoisotopic (exact) mass is 307 g/mol. The smallest absolute Gasteiger partial charge is 0.140 e. The van der Waals surface area contributed by atoms with Gasteiger partial charge in [-0.25, -0.2) is 9.97 Å². The maximum absolute atomic E-state index is 6.03. The Morgan fingerprint density at radius 2 is 2.24 bits per heavy atom. The molecule has 1 aliphatic rings. The van der Waals surface area contributed by atoms with E-state index in [1.807, 2.05) is 18.2 Å². The van der Waals surface area contributed by atoms with E-state index in [0.717, 1.165) is 29.8 Å². The lowest BCUT2D eigenvalue weighted by atomic mass is 10.1. The van der Waals surface area contributed by atoms with Gasteiger partial charge in [0.25, 0.3) is 0 Å². The molecule has 21 heavy (non-hydrogen) atoms. The van der Waals surface area contributed by atoms with Crippen LogP contribution >= 0.6 is 11.6 Å². The van der Waals surface area contributed by atoms with E-state index < -0.39 is 0 Å². The first-order chi connectivity index (χ1) is 10.2. The standard InChI is InChI=1S/C15H18ClN3O2/c1-10-6-19(7-12(21-10)8-20-2)15-13-4-3-11(16)5-14(13)17-9-18-15/h3-5,9-10,12H,6-8H2,1-2H3. The minimum atomic E-state index is 0.0519. The number of fused-ring (bicyclic) bond motifs is 1. The quantitative estimate of drug-likeness (QED) is 0.872. The molecular weight excluding hydrogens is 290 g/mol. The lowest BCUT2D eigenvalue weighted by Gasteiger charge is -2.37. The Labute approximate surface area is 128 Å². The van der Waals surface area contributed by atoms with Crippen LogP contribution in [0.3, 0.4) is 0 Å². The number of hydrogen-bond acceptors (Lipinski definition) is 5. The Morgan fingerprint density at radius 1 is 1.38 bits per heavy atom. The molecule has 6 heteroatoms. The number of morpholine rings is 1. The number of methoxy groups -OCH3 is 1. The highest BCUT2D eigenvalue weighted by atomic mass is 35.5. The van der Waals surface area contributed by atoms with Gasteiger partial charge in [0.05, 0.1) is 24.3 Å². The van der Waals surface area contributed by atoms with Crippen molar-refractivity contribution in [1.82, 2.24) is 9.97 Å². The molecule has 1 aromatic heterocycles. The summed E-state index contributed by atoms with van der Waals surface area (Å²) < 4.78 is 11.1. The van der Waals surface area contributed by atoms with Gasteiger partial charge in [-0.3, -0.25) is 0 Å². The third-order valence-corrected chi connectivity index (χ3v) is 3.79. The summed E-state index contributed by atoms with van der Waals surface area (Å²) in [6.07, 6.45) is 1.77. The number of nitrogens with zero attached hydrogens (tertiary/aromatic N) is 3. The molecule has 0 spiro atoms. The van der Waals surface area contributed by atoms with Crippen LogP contribution in [-0.2, 0) is 9.47 Å². The van der Waals surface area contributed by atoms with Crippen LogP contribution in [-0.4, -0.2) is 49.0 Å². The van der Waals surface area contributed by atoms with Crippen LogP contribution in [0.25, 0.3) is 10.9 Å². The van der Waals surface area contributed by atoms with Crippen molar-refractivity contribution in [3.05, 3.63) is 29.5 Å². The maximum atomic E-state index is 6.03. The number of halogens is 1. The van der Waals surface area contributed by atoms with Crippen molar-refractivity contribution in [2.45, 2.75) is 19.1 Å². The predicted octanol–water partition coefficient (Wildman–Crippen LogP) is 2.52. The molecule has 5 nitrogen and oxygen atoms in total. The van der Waals surface area contributed by atoms with Gasteiger partial charge < -0.3 is 14.4 Å². The second-order valence-corrected chi connectivity index (χ2v) is 5.72. The fourth-order valence-electron chi connectivity index (χ4n) is 2.76. The number of anilines is 1. The number of benzene rings is 1. The molecule has 2 atom stereocenters. The summed E-state index contributed by atoms with van der Waals surface area (Å²) in [7, 11) is 1.69. The Kier molecular flexibility index (Phi) is 4.24. The first-order valence-electron chi connectivity index (χ1n) is 6.97. The van der Waals surface area contributed by atoms with Gasteiger partial charge in [0.2, 0.25) is 0 Å². The van der Waals surface area contributed by atoms with Crippen molar-refractivity contribution in [1.29, 1.82) is 0 Å².